The molecule has 1 heterocycles. The molecular formula is C21H18ClF3N4O2S. The Morgan fingerprint density at radius 1 is 1.22 bits per heavy atom. The highest BCUT2D eigenvalue weighted by Crippen LogP contribution is 2.31. The molecule has 0 aliphatic rings. The maximum atomic E-state index is 12.8. The number of nitrogens with zero attached hydrogens (tertiary/aromatic N) is 3. The number of aromatic nitrogens is 3. The summed E-state index contributed by atoms with van der Waals surface area (Å²) in [5.74, 6) is 0.454. The number of anilines is 1. The summed E-state index contributed by atoms with van der Waals surface area (Å²) in [6, 6.07) is 11.5. The van der Waals surface area contributed by atoms with Gasteiger partial charge >= 0.3 is 6.18 Å². The molecule has 1 N–H and O–H groups in total. The molecule has 0 spiro atoms. The van der Waals surface area contributed by atoms with Crippen molar-refractivity contribution in [1.82, 2.24) is 14.8 Å². The molecule has 6 nitrogen and oxygen atoms in total. The lowest BCUT2D eigenvalue weighted by molar-refractivity contribution is -0.137. The number of carbonyl (C=O) groups is 1. The molecule has 1 amide bonds. The summed E-state index contributed by atoms with van der Waals surface area (Å²) in [5.41, 5.74) is -0.774. The minimum atomic E-state index is -4.49. The average molecular weight is 483 g/mol. The van der Waals surface area contributed by atoms with Crippen molar-refractivity contribution in [2.45, 2.75) is 24.5 Å². The van der Waals surface area contributed by atoms with Gasteiger partial charge in [0.25, 0.3) is 0 Å². The third-order valence-corrected chi connectivity index (χ3v) is 5.38. The summed E-state index contributed by atoms with van der Waals surface area (Å²) in [5, 5.41) is 11.5. The van der Waals surface area contributed by atoms with Crippen LogP contribution >= 0.6 is 23.4 Å². The molecule has 0 aliphatic carbocycles. The number of nitrogens with one attached hydrogen (secondary N) is 1. The molecule has 0 radical (unpaired) electrons. The minimum Gasteiger partial charge on any atom is -0.484 e. The zero-order valence-corrected chi connectivity index (χ0v) is 18.2. The number of benzene rings is 2. The number of rotatable bonds is 9. The topological polar surface area (TPSA) is 69.0 Å². The summed E-state index contributed by atoms with van der Waals surface area (Å²) in [4.78, 5) is 12.2. The van der Waals surface area contributed by atoms with Gasteiger partial charge in [-0.2, -0.15) is 13.2 Å². The quantitative estimate of drug-likeness (QED) is 0.324. The lowest BCUT2D eigenvalue weighted by atomic mass is 10.2. The van der Waals surface area contributed by atoms with Crippen LogP contribution in [0.1, 0.15) is 11.4 Å². The Morgan fingerprint density at radius 3 is 2.72 bits per heavy atom. The van der Waals surface area contributed by atoms with Crippen molar-refractivity contribution in [2.75, 3.05) is 11.1 Å². The Labute approximate surface area is 191 Å². The van der Waals surface area contributed by atoms with E-state index < -0.39 is 17.6 Å². The summed E-state index contributed by atoms with van der Waals surface area (Å²) < 4.78 is 45.9. The Bertz CT molecular complexity index is 1100. The van der Waals surface area contributed by atoms with Crippen molar-refractivity contribution in [3.05, 3.63) is 77.6 Å². The van der Waals surface area contributed by atoms with E-state index in [4.69, 9.17) is 16.3 Å². The monoisotopic (exact) mass is 482 g/mol. The molecule has 0 saturated carbocycles. The fourth-order valence-electron chi connectivity index (χ4n) is 2.65. The summed E-state index contributed by atoms with van der Waals surface area (Å²) in [6.45, 7) is 4.19. The fourth-order valence-corrected chi connectivity index (χ4v) is 3.61. The molecule has 3 rings (SSSR count). The molecule has 0 atom stereocenters. The van der Waals surface area contributed by atoms with E-state index in [0.717, 1.165) is 23.9 Å². The van der Waals surface area contributed by atoms with Crippen LogP contribution in [0.4, 0.5) is 18.9 Å². The van der Waals surface area contributed by atoms with Crippen molar-refractivity contribution in [3.8, 4) is 5.75 Å². The predicted octanol–water partition coefficient (Wildman–Crippen LogP) is 5.45. The number of ether oxygens (including phenoxy) is 1. The van der Waals surface area contributed by atoms with E-state index in [1.807, 2.05) is 0 Å². The average Bonchev–Trinajstić information content (AvgIpc) is 3.13. The van der Waals surface area contributed by atoms with Crippen LogP contribution in [-0.2, 0) is 24.1 Å². The number of amides is 1. The third-order valence-electron chi connectivity index (χ3n) is 4.10. The Balaban J connectivity index is 1.63. The van der Waals surface area contributed by atoms with Gasteiger partial charge in [0.1, 0.15) is 12.4 Å². The van der Waals surface area contributed by atoms with E-state index in [1.165, 1.54) is 12.1 Å². The Hall–Kier alpha value is -2.98. The first kappa shape index (κ1) is 23.7. The largest absolute Gasteiger partial charge is 0.484 e. The van der Waals surface area contributed by atoms with Gasteiger partial charge in [-0.25, -0.2) is 0 Å². The van der Waals surface area contributed by atoms with E-state index in [-0.39, 0.29) is 18.0 Å². The van der Waals surface area contributed by atoms with Crippen LogP contribution < -0.4 is 10.1 Å². The predicted molar refractivity (Wildman–Crippen MR) is 117 cm³/mol. The van der Waals surface area contributed by atoms with Gasteiger partial charge in [0, 0.05) is 12.2 Å². The smallest absolute Gasteiger partial charge is 0.416 e. The van der Waals surface area contributed by atoms with Crippen LogP contribution in [0.25, 0.3) is 0 Å². The van der Waals surface area contributed by atoms with Crippen LogP contribution in [-0.4, -0.2) is 26.4 Å². The molecule has 2 aromatic carbocycles. The third kappa shape index (κ3) is 6.27. The highest BCUT2D eigenvalue weighted by molar-refractivity contribution is 7.99. The molecule has 0 unspecified atom stereocenters. The molecular weight excluding hydrogens is 465 g/mol. The number of hydrogen-bond acceptors (Lipinski definition) is 5. The second kappa shape index (κ2) is 10.6. The number of hydrogen-bond donors (Lipinski definition) is 1. The van der Waals surface area contributed by atoms with Crippen LogP contribution in [0.15, 0.2) is 66.3 Å². The first-order valence-electron chi connectivity index (χ1n) is 9.28. The van der Waals surface area contributed by atoms with Gasteiger partial charge in [0.15, 0.2) is 11.0 Å². The van der Waals surface area contributed by atoms with Crippen molar-refractivity contribution in [2.24, 2.45) is 0 Å². The van der Waals surface area contributed by atoms with Gasteiger partial charge in [0.05, 0.1) is 16.3 Å². The molecule has 168 valence electrons. The molecule has 0 aliphatic heterocycles. The van der Waals surface area contributed by atoms with E-state index in [1.54, 1.807) is 34.9 Å². The second-order valence-electron chi connectivity index (χ2n) is 6.43. The molecule has 32 heavy (non-hydrogen) atoms. The molecule has 3 aromatic rings. The first-order valence-corrected chi connectivity index (χ1v) is 10.6. The highest BCUT2D eigenvalue weighted by atomic mass is 35.5. The molecule has 0 saturated heterocycles. The number of allylic oxidation sites excluding steroid dienone is 1. The van der Waals surface area contributed by atoms with Crippen molar-refractivity contribution >= 4 is 35.0 Å². The van der Waals surface area contributed by atoms with Gasteiger partial charge < -0.3 is 10.1 Å². The van der Waals surface area contributed by atoms with Crippen LogP contribution in [0.5, 0.6) is 5.75 Å². The van der Waals surface area contributed by atoms with Crippen LogP contribution in [0, 0.1) is 0 Å². The lowest BCUT2D eigenvalue weighted by Gasteiger charge is -2.11. The van der Waals surface area contributed by atoms with E-state index in [2.05, 4.69) is 22.1 Å². The maximum Gasteiger partial charge on any atom is 0.416 e. The minimum absolute atomic E-state index is 0.0619. The standard InChI is InChI=1S/C21H18ClF3N4O2S/c1-2-10-29-18(12-31-17-9-4-3-8-16(17)22)27-28-20(29)32-13-19(30)26-15-7-5-6-14(11-15)21(23,24)25/h2-9,11H,1,10,12-13H2,(H,26,30). The SMILES string of the molecule is C=CCn1c(COc2ccccc2Cl)nnc1SCC(=O)Nc1cccc(C(F)(F)F)c1. The molecule has 0 bridgehead atoms. The van der Waals surface area contributed by atoms with Crippen LogP contribution in [0.2, 0.25) is 5.02 Å². The summed E-state index contributed by atoms with van der Waals surface area (Å²) in [6.07, 6.45) is -2.84. The second-order valence-corrected chi connectivity index (χ2v) is 7.78. The van der Waals surface area contributed by atoms with Gasteiger partial charge in [-0.1, -0.05) is 47.6 Å². The normalized spacial score (nSPS) is 11.2. The van der Waals surface area contributed by atoms with Gasteiger partial charge in [-0.3, -0.25) is 9.36 Å². The number of halogens is 4. The summed E-state index contributed by atoms with van der Waals surface area (Å²) in [7, 11) is 0. The lowest BCUT2D eigenvalue weighted by Crippen LogP contribution is -2.15. The molecule has 0 fully saturated rings. The number of alkyl halides is 3. The highest BCUT2D eigenvalue weighted by Gasteiger charge is 2.30. The Morgan fingerprint density at radius 2 is 2.00 bits per heavy atom. The number of carbonyl (C=O) groups excluding carboxylic acids is 1. The molecule has 11 heteroatoms. The summed E-state index contributed by atoms with van der Waals surface area (Å²) >= 11 is 7.18. The fraction of sp³-hybridized carbons (Fsp3) is 0.190. The molecule has 1 aromatic heterocycles. The zero-order chi connectivity index (χ0) is 23.1. The van der Waals surface area contributed by atoms with E-state index >= 15 is 0 Å². The van der Waals surface area contributed by atoms with Gasteiger partial charge in [0.2, 0.25) is 5.91 Å². The maximum absolute atomic E-state index is 12.8. The van der Waals surface area contributed by atoms with Gasteiger partial charge in [-0.05, 0) is 30.3 Å². The van der Waals surface area contributed by atoms with Crippen molar-refractivity contribution < 1.29 is 22.7 Å². The van der Waals surface area contributed by atoms with Crippen LogP contribution in [0.3, 0.4) is 0 Å². The number of para-hydroxylation sites is 1. The zero-order valence-electron chi connectivity index (χ0n) is 16.6. The number of thioether (sulfide) groups is 1. The van der Waals surface area contributed by atoms with Crippen molar-refractivity contribution in [3.63, 3.8) is 0 Å². The van der Waals surface area contributed by atoms with E-state index in [0.29, 0.717) is 28.3 Å². The first-order chi connectivity index (χ1) is 15.3. The Kier molecular flexibility index (Phi) is 7.81. The van der Waals surface area contributed by atoms with Crippen molar-refractivity contribution in [1.29, 1.82) is 0 Å². The van der Waals surface area contributed by atoms with Gasteiger partial charge in [-0.15, -0.1) is 16.8 Å². The van der Waals surface area contributed by atoms with E-state index in [9.17, 15) is 18.0 Å².